The maximum atomic E-state index is 12.6. The quantitative estimate of drug-likeness (QED) is 0.770. The van der Waals surface area contributed by atoms with E-state index in [9.17, 15) is 9.59 Å². The van der Waals surface area contributed by atoms with Crippen molar-refractivity contribution >= 4 is 24.2 Å². The van der Waals surface area contributed by atoms with E-state index in [1.54, 1.807) is 7.11 Å². The number of methoxy groups -OCH3 is 1. The zero-order valence-corrected chi connectivity index (χ0v) is 16.7. The second-order valence-corrected chi connectivity index (χ2v) is 7.27. The van der Waals surface area contributed by atoms with Crippen LogP contribution in [0.1, 0.15) is 31.2 Å². The topological polar surface area (TPSA) is 70.7 Å². The number of benzene rings is 1. The lowest BCUT2D eigenvalue weighted by Crippen LogP contribution is -2.47. The molecule has 2 saturated heterocycles. The van der Waals surface area contributed by atoms with Gasteiger partial charge in [-0.05, 0) is 55.8 Å². The number of hydrogen-bond donors (Lipinski definition) is 2. The number of nitrogens with one attached hydrogen (secondary N) is 2. The first-order valence-corrected chi connectivity index (χ1v) is 9.57. The minimum atomic E-state index is -0.0376. The summed E-state index contributed by atoms with van der Waals surface area (Å²) in [4.78, 5) is 26.7. The Morgan fingerprint density at radius 1 is 1.30 bits per heavy atom. The van der Waals surface area contributed by atoms with Crippen molar-refractivity contribution in [3.05, 3.63) is 29.8 Å². The van der Waals surface area contributed by atoms with Crippen LogP contribution in [0.15, 0.2) is 24.3 Å². The van der Waals surface area contributed by atoms with Crippen molar-refractivity contribution in [2.75, 3.05) is 33.3 Å². The Hall–Kier alpha value is -1.79. The Labute approximate surface area is 167 Å². The number of nitrogens with zero attached hydrogens (tertiary/aromatic N) is 1. The fourth-order valence-corrected chi connectivity index (χ4v) is 3.80. The molecule has 3 rings (SSSR count). The highest BCUT2D eigenvalue weighted by Crippen LogP contribution is 2.19. The Kier molecular flexibility index (Phi) is 8.38. The summed E-state index contributed by atoms with van der Waals surface area (Å²) in [6, 6.07) is 7.62. The van der Waals surface area contributed by atoms with Crippen molar-refractivity contribution in [3.8, 4) is 5.75 Å². The SMILES string of the molecule is COc1cccc(CC(=O)N2CCCC(CNC(=O)C3CCCN3)C2)c1.Cl. The van der Waals surface area contributed by atoms with Gasteiger partial charge in [0.15, 0.2) is 0 Å². The van der Waals surface area contributed by atoms with Crippen molar-refractivity contribution < 1.29 is 14.3 Å². The van der Waals surface area contributed by atoms with Crippen LogP contribution >= 0.6 is 12.4 Å². The third kappa shape index (κ3) is 6.11. The second-order valence-electron chi connectivity index (χ2n) is 7.27. The zero-order chi connectivity index (χ0) is 18.4. The Balaban J connectivity index is 0.00000261. The molecule has 2 heterocycles. The lowest BCUT2D eigenvalue weighted by atomic mass is 9.97. The minimum Gasteiger partial charge on any atom is -0.497 e. The molecule has 2 fully saturated rings. The first-order chi connectivity index (χ1) is 12.7. The number of rotatable bonds is 6. The first kappa shape index (κ1) is 21.5. The van der Waals surface area contributed by atoms with Gasteiger partial charge in [0.2, 0.25) is 11.8 Å². The molecule has 1 aromatic carbocycles. The van der Waals surface area contributed by atoms with Gasteiger partial charge >= 0.3 is 0 Å². The maximum absolute atomic E-state index is 12.6. The average molecular weight is 396 g/mol. The van der Waals surface area contributed by atoms with E-state index >= 15 is 0 Å². The van der Waals surface area contributed by atoms with Crippen molar-refractivity contribution in [1.82, 2.24) is 15.5 Å². The molecule has 0 aromatic heterocycles. The minimum absolute atomic E-state index is 0. The van der Waals surface area contributed by atoms with Crippen LogP contribution in [0.2, 0.25) is 0 Å². The molecule has 1 aromatic rings. The summed E-state index contributed by atoms with van der Waals surface area (Å²) in [7, 11) is 1.63. The molecule has 2 atom stereocenters. The van der Waals surface area contributed by atoms with Crippen LogP contribution in [0, 0.1) is 5.92 Å². The zero-order valence-electron chi connectivity index (χ0n) is 15.9. The average Bonchev–Trinajstić information content (AvgIpc) is 3.21. The van der Waals surface area contributed by atoms with Gasteiger partial charge in [0.1, 0.15) is 5.75 Å². The van der Waals surface area contributed by atoms with Gasteiger partial charge in [-0.2, -0.15) is 0 Å². The summed E-state index contributed by atoms with van der Waals surface area (Å²) in [5.41, 5.74) is 0.970. The number of ether oxygens (including phenoxy) is 1. The summed E-state index contributed by atoms with van der Waals surface area (Å²) in [6.07, 6.45) is 4.42. The number of carbonyl (C=O) groups excluding carboxylic acids is 2. The molecule has 0 saturated carbocycles. The predicted molar refractivity (Wildman–Crippen MR) is 107 cm³/mol. The molecule has 2 unspecified atom stereocenters. The van der Waals surface area contributed by atoms with Gasteiger partial charge in [-0.3, -0.25) is 9.59 Å². The molecular weight excluding hydrogens is 366 g/mol. The number of piperidine rings is 1. The van der Waals surface area contributed by atoms with Gasteiger partial charge in [-0.1, -0.05) is 12.1 Å². The number of amides is 2. The summed E-state index contributed by atoms with van der Waals surface area (Å²) in [5, 5.41) is 6.28. The Bertz CT molecular complexity index is 635. The molecule has 2 amide bonds. The van der Waals surface area contributed by atoms with E-state index in [0.29, 0.717) is 18.9 Å². The Morgan fingerprint density at radius 2 is 2.15 bits per heavy atom. The normalized spacial score (nSPS) is 22.0. The van der Waals surface area contributed by atoms with E-state index in [4.69, 9.17) is 4.74 Å². The molecule has 0 spiro atoms. The number of halogens is 1. The molecule has 27 heavy (non-hydrogen) atoms. The largest absolute Gasteiger partial charge is 0.497 e. The van der Waals surface area contributed by atoms with Gasteiger partial charge in [0.05, 0.1) is 19.6 Å². The molecule has 7 heteroatoms. The van der Waals surface area contributed by atoms with Gasteiger partial charge in [-0.15, -0.1) is 12.4 Å². The summed E-state index contributed by atoms with van der Waals surface area (Å²) >= 11 is 0. The first-order valence-electron chi connectivity index (χ1n) is 9.57. The van der Waals surface area contributed by atoms with Crippen molar-refractivity contribution in [3.63, 3.8) is 0 Å². The third-order valence-electron chi connectivity index (χ3n) is 5.30. The van der Waals surface area contributed by atoms with Gasteiger partial charge in [-0.25, -0.2) is 0 Å². The van der Waals surface area contributed by atoms with Gasteiger partial charge in [0.25, 0.3) is 0 Å². The van der Waals surface area contributed by atoms with Crippen LogP contribution in [-0.4, -0.2) is 56.0 Å². The van der Waals surface area contributed by atoms with Crippen LogP contribution in [0.3, 0.4) is 0 Å². The molecule has 0 radical (unpaired) electrons. The van der Waals surface area contributed by atoms with E-state index in [2.05, 4.69) is 10.6 Å². The molecule has 0 bridgehead atoms. The highest BCUT2D eigenvalue weighted by Gasteiger charge is 2.26. The monoisotopic (exact) mass is 395 g/mol. The van der Waals surface area contributed by atoms with E-state index in [1.807, 2.05) is 29.2 Å². The van der Waals surface area contributed by atoms with E-state index < -0.39 is 0 Å². The van der Waals surface area contributed by atoms with Crippen LogP contribution in [0.5, 0.6) is 5.75 Å². The fourth-order valence-electron chi connectivity index (χ4n) is 3.80. The highest BCUT2D eigenvalue weighted by atomic mass is 35.5. The molecular formula is C20H30ClN3O3. The standard InChI is InChI=1S/C20H29N3O3.ClH/c1-26-17-7-2-5-15(11-17)12-19(24)23-10-4-6-16(14-23)13-22-20(25)18-8-3-9-21-18;/h2,5,7,11,16,18,21H,3-4,6,8-10,12-14H2,1H3,(H,22,25);1H. The highest BCUT2D eigenvalue weighted by molar-refractivity contribution is 5.85. The summed E-state index contributed by atoms with van der Waals surface area (Å²) in [5.74, 6) is 1.35. The smallest absolute Gasteiger partial charge is 0.237 e. The number of hydrogen-bond acceptors (Lipinski definition) is 4. The Morgan fingerprint density at radius 3 is 2.89 bits per heavy atom. The lowest BCUT2D eigenvalue weighted by molar-refractivity contribution is -0.132. The molecule has 2 aliphatic rings. The van der Waals surface area contributed by atoms with E-state index in [1.165, 1.54) is 0 Å². The van der Waals surface area contributed by atoms with Crippen LogP contribution in [0.4, 0.5) is 0 Å². The second kappa shape index (κ2) is 10.5. The van der Waals surface area contributed by atoms with Crippen LogP contribution in [-0.2, 0) is 16.0 Å². The number of carbonyl (C=O) groups is 2. The molecule has 0 aliphatic carbocycles. The predicted octanol–water partition coefficient (Wildman–Crippen LogP) is 1.77. The summed E-state index contributed by atoms with van der Waals surface area (Å²) < 4.78 is 5.23. The van der Waals surface area contributed by atoms with E-state index in [0.717, 1.165) is 56.6 Å². The van der Waals surface area contributed by atoms with Crippen molar-refractivity contribution in [1.29, 1.82) is 0 Å². The van der Waals surface area contributed by atoms with E-state index in [-0.39, 0.29) is 30.3 Å². The maximum Gasteiger partial charge on any atom is 0.237 e. The van der Waals surface area contributed by atoms with Crippen molar-refractivity contribution in [2.24, 2.45) is 5.92 Å². The lowest BCUT2D eigenvalue weighted by Gasteiger charge is -2.33. The van der Waals surface area contributed by atoms with Gasteiger partial charge in [0, 0.05) is 19.6 Å². The van der Waals surface area contributed by atoms with Crippen molar-refractivity contribution in [2.45, 2.75) is 38.1 Å². The van der Waals surface area contributed by atoms with Gasteiger partial charge < -0.3 is 20.3 Å². The molecule has 150 valence electrons. The van der Waals surface area contributed by atoms with Crippen LogP contribution < -0.4 is 15.4 Å². The molecule has 2 aliphatic heterocycles. The number of likely N-dealkylation sites (tertiary alicyclic amines) is 1. The molecule has 6 nitrogen and oxygen atoms in total. The molecule has 2 N–H and O–H groups in total. The van der Waals surface area contributed by atoms with Crippen LogP contribution in [0.25, 0.3) is 0 Å². The third-order valence-corrected chi connectivity index (χ3v) is 5.30. The summed E-state index contributed by atoms with van der Waals surface area (Å²) in [6.45, 7) is 3.10. The fraction of sp³-hybridized carbons (Fsp3) is 0.600.